The van der Waals surface area contributed by atoms with Crippen LogP contribution in [0.5, 0.6) is 11.5 Å². The van der Waals surface area contributed by atoms with Gasteiger partial charge in [-0.3, -0.25) is 19.3 Å². The molecule has 2 atom stereocenters. The van der Waals surface area contributed by atoms with Crippen LogP contribution in [0.25, 0.3) is 5.65 Å². The number of nitrogen functional groups attached to an aromatic ring is 1. The number of nitrogens with zero attached hydrogens (tertiary/aromatic N) is 6. The van der Waals surface area contributed by atoms with Gasteiger partial charge in [0.2, 0.25) is 15.8 Å². The minimum Gasteiger partial charge on any atom is -0.504 e. The number of sulfone groups is 1. The summed E-state index contributed by atoms with van der Waals surface area (Å²) in [5.74, 6) is -7.24. The van der Waals surface area contributed by atoms with Gasteiger partial charge in [0.15, 0.2) is 33.7 Å². The number of phenols is 2. The number of aromatic nitrogens is 4. The summed E-state index contributed by atoms with van der Waals surface area (Å²) in [6.07, 6.45) is -4.08. The average Bonchev–Trinajstić information content (AvgIpc) is 3.74. The van der Waals surface area contributed by atoms with E-state index in [2.05, 4.69) is 25.5 Å². The highest BCUT2D eigenvalue weighted by atomic mass is 32.2. The fourth-order valence-corrected chi connectivity index (χ4v) is 8.91. The molecule has 3 amide bonds. The van der Waals surface area contributed by atoms with E-state index in [1.54, 1.807) is 0 Å². The van der Waals surface area contributed by atoms with E-state index in [4.69, 9.17) is 16.3 Å². The van der Waals surface area contributed by atoms with E-state index in [1.807, 2.05) is 0 Å². The summed E-state index contributed by atoms with van der Waals surface area (Å²) >= 11 is 2.65. The lowest BCUT2D eigenvalue weighted by atomic mass is 10.0. The largest absolute Gasteiger partial charge is 0.504 e. The number of hydrogen-bond donors (Lipinski definition) is 6. The number of carboxylic acids is 1. The zero-order chi connectivity index (χ0) is 39.3. The molecule has 0 radical (unpaired) electrons. The van der Waals surface area contributed by atoms with Gasteiger partial charge in [-0.15, -0.1) is 34.9 Å². The number of rotatable bonds is 12. The first-order valence-corrected chi connectivity index (χ1v) is 19.2. The third-order valence-electron chi connectivity index (χ3n) is 7.58. The maximum atomic E-state index is 13.8. The Morgan fingerprint density at radius 2 is 1.91 bits per heavy atom. The second-order valence-corrected chi connectivity index (χ2v) is 16.0. The minimum atomic E-state index is -4.92. The van der Waals surface area contributed by atoms with Crippen molar-refractivity contribution in [1.82, 2.24) is 29.8 Å². The minimum absolute atomic E-state index is 0.00342. The van der Waals surface area contributed by atoms with Crippen molar-refractivity contribution >= 4 is 84.9 Å². The molecule has 0 aliphatic carbocycles. The quantitative estimate of drug-likeness (QED) is 0.0290. The number of alkyl halides is 3. The molecule has 1 saturated heterocycles. The van der Waals surface area contributed by atoms with Gasteiger partial charge in [0.1, 0.15) is 33.4 Å². The summed E-state index contributed by atoms with van der Waals surface area (Å²) < 4.78 is 67.3. The van der Waals surface area contributed by atoms with Crippen molar-refractivity contribution < 1.29 is 60.9 Å². The topological polar surface area (TPSA) is 295 Å². The number of halogens is 3. The number of thiazole rings is 1. The van der Waals surface area contributed by atoms with Gasteiger partial charge < -0.3 is 36.9 Å². The molecule has 1 aromatic carbocycles. The molecule has 284 valence electrons. The van der Waals surface area contributed by atoms with Crippen molar-refractivity contribution in [2.45, 2.75) is 27.5 Å². The molecule has 0 bridgehead atoms. The fraction of sp³-hybridized carbons (Fsp3) is 0.214. The molecule has 0 spiro atoms. The molecule has 26 heteroatoms. The molecule has 0 saturated carbocycles. The molecule has 3 aromatic heterocycles. The maximum Gasteiger partial charge on any atom is 0.433 e. The normalized spacial score (nSPS) is 17.6. The number of oxime groups is 1. The number of carbonyl (C=O) groups is 4. The Morgan fingerprint density at radius 1 is 1.17 bits per heavy atom. The third kappa shape index (κ3) is 7.31. The Hall–Kier alpha value is -5.60. The first-order valence-electron chi connectivity index (χ1n) is 14.6. The monoisotopic (exact) mass is 829 g/mol. The first-order chi connectivity index (χ1) is 25.4. The predicted octanol–water partition coefficient (Wildman–Crippen LogP) is 0.980. The number of nitrogens with two attached hydrogens (primary N) is 2. The van der Waals surface area contributed by atoms with Gasteiger partial charge in [0.05, 0.1) is 11.1 Å². The summed E-state index contributed by atoms with van der Waals surface area (Å²) in [5, 5.41) is 38.9. The van der Waals surface area contributed by atoms with E-state index < -0.39 is 96.2 Å². The number of carboxylic acid groups (broad SMARTS) is 1. The average molecular weight is 830 g/mol. The number of fused-ring (bicyclic) bond motifs is 2. The molecule has 4 aromatic rings. The van der Waals surface area contributed by atoms with Crippen LogP contribution in [0.15, 0.2) is 62.2 Å². The van der Waals surface area contributed by atoms with E-state index in [-0.39, 0.29) is 38.5 Å². The first kappa shape index (κ1) is 38.1. The van der Waals surface area contributed by atoms with Crippen LogP contribution in [0.2, 0.25) is 0 Å². The van der Waals surface area contributed by atoms with Crippen LogP contribution in [-0.2, 0) is 35.2 Å². The van der Waals surface area contributed by atoms with Crippen LogP contribution in [-0.4, -0.2) is 106 Å². The van der Waals surface area contributed by atoms with Crippen LogP contribution in [0, 0.1) is 0 Å². The standard InChI is InChI=1S/C28H22F3N9O10S4/c29-28(30,31)16-4-17(36-22-12(21(32)43)5-34-40(16)22)51-6-10-7-52-25-19(24(45)39(25)20(10)26(46)47)37-23(44)18(13-8-53-27(33)35-13)38-50-9-54(48,49)11-1-2-14(41)15(42)3-11/h1-5,8,19,25,41-42H,6-7,9H2,(H2,32,43)(H2,33,35)(H,37,44)(H,46,47)/b38-18+/t19-,25-/m1/s1. The van der Waals surface area contributed by atoms with E-state index in [9.17, 15) is 56.1 Å². The second kappa shape index (κ2) is 14.3. The summed E-state index contributed by atoms with van der Waals surface area (Å²) in [6, 6.07) is 2.05. The molecular weight excluding hydrogens is 808 g/mol. The Balaban J connectivity index is 1.19. The molecule has 6 rings (SSSR count). The van der Waals surface area contributed by atoms with Crippen molar-refractivity contribution in [1.29, 1.82) is 0 Å². The molecule has 5 heterocycles. The highest BCUT2D eigenvalue weighted by Gasteiger charge is 2.54. The smallest absolute Gasteiger partial charge is 0.433 e. The lowest BCUT2D eigenvalue weighted by molar-refractivity contribution is -0.150. The Labute approximate surface area is 311 Å². The lowest BCUT2D eigenvalue weighted by Crippen LogP contribution is -2.71. The lowest BCUT2D eigenvalue weighted by Gasteiger charge is -2.49. The SMILES string of the molecule is NC(=O)c1cnn2c(C(F)(F)F)cc(SCC3=C(C(=O)O)N4C(=O)[C@@H](NC(=O)/C(=N/OCS(=O)(=O)c5ccc(O)c(O)c5)c5csc(N)n5)[C@H]4SC3)nc12. The molecule has 19 nitrogen and oxygen atoms in total. The number of aliphatic carboxylic acids is 1. The number of thioether (sulfide) groups is 2. The highest BCUT2D eigenvalue weighted by Crippen LogP contribution is 2.42. The van der Waals surface area contributed by atoms with Gasteiger partial charge in [0, 0.05) is 29.0 Å². The summed E-state index contributed by atoms with van der Waals surface area (Å²) in [6.45, 7) is 0. The molecule has 2 aliphatic rings. The molecule has 8 N–H and O–H groups in total. The van der Waals surface area contributed by atoms with E-state index >= 15 is 0 Å². The number of carbonyl (C=O) groups excluding carboxylic acids is 3. The van der Waals surface area contributed by atoms with Crippen molar-refractivity contribution in [2.24, 2.45) is 10.9 Å². The Morgan fingerprint density at radius 3 is 2.54 bits per heavy atom. The summed E-state index contributed by atoms with van der Waals surface area (Å²) in [4.78, 5) is 64.4. The van der Waals surface area contributed by atoms with Crippen LogP contribution in [0.1, 0.15) is 21.7 Å². The van der Waals surface area contributed by atoms with Crippen LogP contribution in [0.4, 0.5) is 18.3 Å². The van der Waals surface area contributed by atoms with Crippen LogP contribution >= 0.6 is 34.9 Å². The van der Waals surface area contributed by atoms with E-state index in [0.717, 1.165) is 52.4 Å². The predicted molar refractivity (Wildman–Crippen MR) is 183 cm³/mol. The van der Waals surface area contributed by atoms with E-state index in [1.165, 1.54) is 5.38 Å². The van der Waals surface area contributed by atoms with Gasteiger partial charge in [-0.1, -0.05) is 5.16 Å². The van der Waals surface area contributed by atoms with E-state index in [0.29, 0.717) is 22.3 Å². The van der Waals surface area contributed by atoms with Gasteiger partial charge >= 0.3 is 12.1 Å². The number of β-lactam (4-membered cyclic amide) rings is 1. The van der Waals surface area contributed by atoms with Crippen molar-refractivity contribution in [3.8, 4) is 11.5 Å². The number of benzene rings is 1. The van der Waals surface area contributed by atoms with Gasteiger partial charge in [0.25, 0.3) is 17.7 Å². The maximum absolute atomic E-state index is 13.8. The second-order valence-electron chi connectivity index (χ2n) is 11.1. The molecular formula is C28H22F3N9O10S4. The highest BCUT2D eigenvalue weighted by molar-refractivity contribution is 8.01. The number of phenolic OH excluding ortho intramolecular Hbond substituents is 2. The van der Waals surface area contributed by atoms with Gasteiger partial charge in [-0.05, 0) is 17.7 Å². The number of aromatic hydroxyl groups is 2. The van der Waals surface area contributed by atoms with Gasteiger partial charge in [-0.2, -0.15) is 18.3 Å². The van der Waals surface area contributed by atoms with Crippen LogP contribution < -0.4 is 16.8 Å². The van der Waals surface area contributed by atoms with Crippen LogP contribution in [0.3, 0.4) is 0 Å². The Bertz CT molecular complexity index is 2420. The van der Waals surface area contributed by atoms with Crippen molar-refractivity contribution in [2.75, 3.05) is 23.2 Å². The number of nitrogens with one attached hydrogen (secondary N) is 1. The zero-order valence-corrected chi connectivity index (χ0v) is 29.8. The molecule has 54 heavy (non-hydrogen) atoms. The number of primary amides is 1. The molecule has 1 fully saturated rings. The fourth-order valence-electron chi connectivity index (χ4n) is 5.08. The number of hydrogen-bond acceptors (Lipinski definition) is 17. The molecule has 2 aliphatic heterocycles. The van der Waals surface area contributed by atoms with Crippen molar-refractivity contribution in [3.05, 3.63) is 64.1 Å². The number of anilines is 1. The summed E-state index contributed by atoms with van der Waals surface area (Å²) in [7, 11) is -4.28. The van der Waals surface area contributed by atoms with Gasteiger partial charge in [-0.25, -0.2) is 27.7 Å². The number of amides is 3. The Kier molecular flexibility index (Phi) is 10.1. The van der Waals surface area contributed by atoms with Crippen molar-refractivity contribution in [3.63, 3.8) is 0 Å². The third-order valence-corrected chi connectivity index (χ3v) is 12.0. The zero-order valence-electron chi connectivity index (χ0n) is 26.5. The molecule has 0 unspecified atom stereocenters. The summed E-state index contributed by atoms with van der Waals surface area (Å²) in [5.41, 5.74) is 7.78.